The van der Waals surface area contributed by atoms with E-state index in [2.05, 4.69) is 31.3 Å². The zero-order chi connectivity index (χ0) is 37.3. The third kappa shape index (κ3) is 10.0. The molecule has 4 rings (SSSR count). The molecule has 0 saturated heterocycles. The lowest BCUT2D eigenvalue weighted by molar-refractivity contribution is -0.132. The van der Waals surface area contributed by atoms with Gasteiger partial charge in [-0.05, 0) is 44.7 Å². The monoisotopic (exact) mass is 726 g/mol. The van der Waals surface area contributed by atoms with E-state index in [1.807, 2.05) is 44.2 Å². The summed E-state index contributed by atoms with van der Waals surface area (Å²) in [4.78, 5) is 57.8. The van der Waals surface area contributed by atoms with Gasteiger partial charge >= 0.3 is 0 Å². The molecule has 0 bridgehead atoms. The number of carbonyl (C=O) groups is 4. The van der Waals surface area contributed by atoms with E-state index in [0.29, 0.717) is 17.2 Å². The van der Waals surface area contributed by atoms with Crippen molar-refractivity contribution in [3.05, 3.63) is 54.4 Å². The highest BCUT2D eigenvalue weighted by Gasteiger charge is 2.32. The van der Waals surface area contributed by atoms with Gasteiger partial charge in [-0.1, -0.05) is 44.2 Å². The number of rotatable bonds is 7. The number of hydrogen-bond acceptors (Lipinski definition) is 10. The SMILES string of the molecule is COc1ccc(OC)c(S(=O)(=O)N2CCCNC(=O)Cn3nc(-c4ccccc4)nc3[C@H](C)NC(=O)[C@@H](CC(C)C)NC(=O)[C@@H](C)NC(=O)C2)c1. The average molecular weight is 727 g/mol. The summed E-state index contributed by atoms with van der Waals surface area (Å²) in [5, 5.41) is 15.5. The number of sulfonamides is 1. The molecule has 1 aliphatic rings. The van der Waals surface area contributed by atoms with E-state index >= 15 is 0 Å². The van der Waals surface area contributed by atoms with E-state index in [1.54, 1.807) is 13.0 Å². The van der Waals surface area contributed by atoms with Crippen LogP contribution in [0.2, 0.25) is 0 Å². The summed E-state index contributed by atoms with van der Waals surface area (Å²) >= 11 is 0. The predicted octanol–water partition coefficient (Wildman–Crippen LogP) is 1.39. The number of nitrogens with zero attached hydrogens (tertiary/aromatic N) is 4. The van der Waals surface area contributed by atoms with E-state index in [0.717, 1.165) is 4.31 Å². The molecule has 1 aromatic heterocycles. The van der Waals surface area contributed by atoms with E-state index in [-0.39, 0.29) is 54.8 Å². The minimum atomic E-state index is -4.37. The van der Waals surface area contributed by atoms with Crippen LogP contribution in [0, 0.1) is 5.92 Å². The summed E-state index contributed by atoms with van der Waals surface area (Å²) in [6.07, 6.45) is 0.410. The van der Waals surface area contributed by atoms with Crippen molar-refractivity contribution in [1.82, 2.24) is 40.3 Å². The Kier molecular flexibility index (Phi) is 13.1. The van der Waals surface area contributed by atoms with Crippen LogP contribution in [0.5, 0.6) is 11.5 Å². The van der Waals surface area contributed by atoms with Gasteiger partial charge in [-0.2, -0.15) is 9.40 Å². The van der Waals surface area contributed by atoms with Crippen molar-refractivity contribution in [3.63, 3.8) is 0 Å². The Morgan fingerprint density at radius 2 is 1.61 bits per heavy atom. The minimum Gasteiger partial charge on any atom is -0.497 e. The van der Waals surface area contributed by atoms with E-state index in [4.69, 9.17) is 9.47 Å². The van der Waals surface area contributed by atoms with Crippen LogP contribution < -0.4 is 30.7 Å². The Balaban J connectivity index is 1.69. The second-order valence-electron chi connectivity index (χ2n) is 12.6. The van der Waals surface area contributed by atoms with E-state index in [1.165, 1.54) is 38.0 Å². The number of fused-ring (bicyclic) bond motifs is 1. The Morgan fingerprint density at radius 1 is 0.882 bits per heavy atom. The lowest BCUT2D eigenvalue weighted by Crippen LogP contribution is -2.54. The van der Waals surface area contributed by atoms with Crippen LogP contribution in [0.1, 0.15) is 52.4 Å². The van der Waals surface area contributed by atoms with Crippen molar-refractivity contribution in [2.24, 2.45) is 5.92 Å². The van der Waals surface area contributed by atoms with Crippen molar-refractivity contribution < 1.29 is 37.1 Å². The molecule has 17 heteroatoms. The van der Waals surface area contributed by atoms with Crippen molar-refractivity contribution in [1.29, 1.82) is 0 Å². The Morgan fingerprint density at radius 3 is 2.27 bits per heavy atom. The number of nitrogens with one attached hydrogen (secondary N) is 4. The third-order valence-corrected chi connectivity index (χ3v) is 9.96. The molecule has 51 heavy (non-hydrogen) atoms. The number of aromatic nitrogens is 3. The predicted molar refractivity (Wildman–Crippen MR) is 187 cm³/mol. The fourth-order valence-electron chi connectivity index (χ4n) is 5.48. The van der Waals surface area contributed by atoms with Crippen LogP contribution in [0.15, 0.2) is 53.4 Å². The van der Waals surface area contributed by atoms with Gasteiger partial charge in [0.05, 0.1) is 26.8 Å². The van der Waals surface area contributed by atoms with Gasteiger partial charge in [-0.15, -0.1) is 0 Å². The van der Waals surface area contributed by atoms with Crippen molar-refractivity contribution in [3.8, 4) is 22.9 Å². The van der Waals surface area contributed by atoms with Gasteiger partial charge in [-0.3, -0.25) is 19.2 Å². The Hall–Kier alpha value is -5.03. The summed E-state index contributed by atoms with van der Waals surface area (Å²) < 4.78 is 40.9. The van der Waals surface area contributed by atoms with Gasteiger partial charge < -0.3 is 30.7 Å². The summed E-state index contributed by atoms with van der Waals surface area (Å²) in [6, 6.07) is 10.6. The first-order valence-corrected chi connectivity index (χ1v) is 18.1. The van der Waals surface area contributed by atoms with Crippen molar-refractivity contribution >= 4 is 33.7 Å². The van der Waals surface area contributed by atoms with Crippen molar-refractivity contribution in [2.45, 2.75) is 70.1 Å². The quantitative estimate of drug-likeness (QED) is 0.276. The molecule has 1 aliphatic heterocycles. The fourth-order valence-corrected chi connectivity index (χ4v) is 7.08. The number of hydrogen-bond donors (Lipinski definition) is 4. The molecular weight excluding hydrogens is 680 g/mol. The first kappa shape index (κ1) is 38.8. The summed E-state index contributed by atoms with van der Waals surface area (Å²) in [6.45, 7) is 5.94. The van der Waals surface area contributed by atoms with E-state index < -0.39 is 58.3 Å². The maximum Gasteiger partial charge on any atom is 0.247 e. The molecular formula is C34H46N8O8S. The average Bonchev–Trinajstić information content (AvgIpc) is 3.52. The molecule has 0 spiro atoms. The van der Waals surface area contributed by atoms with Crippen LogP contribution in [-0.2, 0) is 35.7 Å². The molecule has 276 valence electrons. The van der Waals surface area contributed by atoms with Crippen LogP contribution in [0.25, 0.3) is 11.4 Å². The van der Waals surface area contributed by atoms with E-state index in [9.17, 15) is 27.6 Å². The molecule has 16 nitrogen and oxygen atoms in total. The molecule has 4 amide bonds. The van der Waals surface area contributed by atoms with Crippen LogP contribution in [-0.4, -0.2) is 97.1 Å². The molecule has 2 aromatic carbocycles. The van der Waals surface area contributed by atoms with Crippen LogP contribution in [0.4, 0.5) is 0 Å². The number of amides is 4. The lowest BCUT2D eigenvalue weighted by Gasteiger charge is -2.25. The van der Waals surface area contributed by atoms with Gasteiger partial charge in [0.15, 0.2) is 5.82 Å². The molecule has 0 aliphatic carbocycles. The number of benzene rings is 2. The maximum atomic E-state index is 14.0. The summed E-state index contributed by atoms with van der Waals surface area (Å²) in [7, 11) is -1.66. The summed E-state index contributed by atoms with van der Waals surface area (Å²) in [5.74, 6) is -1.35. The number of methoxy groups -OCH3 is 2. The van der Waals surface area contributed by atoms with Gasteiger partial charge in [0, 0.05) is 24.7 Å². The van der Waals surface area contributed by atoms with Crippen molar-refractivity contribution in [2.75, 3.05) is 33.9 Å². The van der Waals surface area contributed by atoms with Crippen LogP contribution >= 0.6 is 0 Å². The first-order valence-electron chi connectivity index (χ1n) is 16.6. The highest BCUT2D eigenvalue weighted by atomic mass is 32.2. The highest BCUT2D eigenvalue weighted by molar-refractivity contribution is 7.89. The topological polar surface area (TPSA) is 203 Å². The minimum absolute atomic E-state index is 0.00672. The second kappa shape index (κ2) is 17.3. The Bertz CT molecular complexity index is 1820. The third-order valence-electron chi connectivity index (χ3n) is 8.10. The fraction of sp³-hybridized carbons (Fsp3) is 0.471. The van der Waals surface area contributed by atoms with Gasteiger partial charge in [0.1, 0.15) is 40.8 Å². The maximum absolute atomic E-state index is 14.0. The highest BCUT2D eigenvalue weighted by Crippen LogP contribution is 2.31. The second-order valence-corrected chi connectivity index (χ2v) is 14.5. The zero-order valence-corrected chi connectivity index (χ0v) is 30.5. The normalized spacial score (nSPS) is 20.5. The lowest BCUT2D eigenvalue weighted by atomic mass is 10.0. The summed E-state index contributed by atoms with van der Waals surface area (Å²) in [5.41, 5.74) is 0.709. The molecule has 0 unspecified atom stereocenters. The van der Waals surface area contributed by atoms with Gasteiger partial charge in [-0.25, -0.2) is 18.1 Å². The first-order chi connectivity index (χ1) is 24.2. The Labute approximate surface area is 297 Å². The molecule has 0 fully saturated rings. The molecule has 0 saturated carbocycles. The number of carbonyl (C=O) groups excluding carboxylic acids is 4. The van der Waals surface area contributed by atoms with Crippen LogP contribution in [0.3, 0.4) is 0 Å². The largest absolute Gasteiger partial charge is 0.497 e. The molecule has 4 N–H and O–H groups in total. The molecule has 2 heterocycles. The number of ether oxygens (including phenoxy) is 2. The standard InChI is InChI=1S/C34H46N8O8S/c1-21(2)17-26-34(46)37-22(3)32-39-31(24-11-8-7-9-12-24)40-42(32)20-29(43)35-15-10-16-41(19-30(44)36-23(4)33(45)38-26)51(47,48)28-18-25(49-5)13-14-27(28)50-6/h7-9,11-14,18,21-23,26H,10,15-17,19-20H2,1-6H3,(H,35,43)(H,36,44)(H,37,46)(H,38,45)/t22-,23+,26+/m0/s1. The van der Waals surface area contributed by atoms with Gasteiger partial charge in [0.2, 0.25) is 33.7 Å². The smallest absolute Gasteiger partial charge is 0.247 e. The molecule has 3 atom stereocenters. The molecule has 0 radical (unpaired) electrons. The van der Waals surface area contributed by atoms with Gasteiger partial charge in [0.25, 0.3) is 0 Å². The zero-order valence-electron chi connectivity index (χ0n) is 29.6. The molecule has 3 aromatic rings.